The second-order valence-corrected chi connectivity index (χ2v) is 6.22. The Morgan fingerprint density at radius 1 is 1.33 bits per heavy atom. The van der Waals surface area contributed by atoms with Crippen LogP contribution in [-0.2, 0) is 14.8 Å². The van der Waals surface area contributed by atoms with Crippen LogP contribution in [0, 0.1) is 6.92 Å². The molecule has 0 heterocycles. The minimum Gasteiger partial charge on any atom is -0.398 e. The van der Waals surface area contributed by atoms with Gasteiger partial charge in [-0.15, -0.1) is 0 Å². The number of amides is 1. The number of sulfonamides is 1. The normalized spacial score (nSPS) is 12.4. The molecule has 5 N–H and O–H groups in total. The lowest BCUT2D eigenvalue weighted by atomic mass is 10.1. The third kappa shape index (κ3) is 2.80. The van der Waals surface area contributed by atoms with Crippen LogP contribution in [0.5, 0.6) is 0 Å². The molecule has 0 aliphatic rings. The van der Waals surface area contributed by atoms with Gasteiger partial charge < -0.3 is 11.5 Å². The van der Waals surface area contributed by atoms with E-state index in [1.54, 1.807) is 13.0 Å². The molecule has 0 saturated carbocycles. The Hall–Kier alpha value is -1.60. The van der Waals surface area contributed by atoms with Crippen molar-refractivity contribution in [2.75, 3.05) is 5.73 Å². The lowest BCUT2D eigenvalue weighted by Gasteiger charge is -2.22. The van der Waals surface area contributed by atoms with Gasteiger partial charge in [0.25, 0.3) is 0 Å². The SMILES string of the molecule is Cc1c(N)cccc1S(=O)(=O)NC(C)(C)C(N)=O. The zero-order chi connectivity index (χ0) is 14.1. The first-order valence-corrected chi connectivity index (χ1v) is 6.75. The number of hydrogen-bond donors (Lipinski definition) is 3. The lowest BCUT2D eigenvalue weighted by Crippen LogP contribution is -2.52. The Morgan fingerprint density at radius 3 is 2.39 bits per heavy atom. The van der Waals surface area contributed by atoms with Gasteiger partial charge >= 0.3 is 0 Å². The molecule has 0 bridgehead atoms. The molecule has 0 atom stereocenters. The quantitative estimate of drug-likeness (QED) is 0.674. The number of carbonyl (C=O) groups excluding carboxylic acids is 1. The van der Waals surface area contributed by atoms with Crippen LogP contribution in [0.4, 0.5) is 5.69 Å². The predicted molar refractivity (Wildman–Crippen MR) is 69.2 cm³/mol. The number of benzene rings is 1. The van der Waals surface area contributed by atoms with E-state index in [-0.39, 0.29) is 4.90 Å². The van der Waals surface area contributed by atoms with Crippen molar-refractivity contribution < 1.29 is 13.2 Å². The van der Waals surface area contributed by atoms with Gasteiger partial charge in [-0.3, -0.25) is 4.79 Å². The number of carbonyl (C=O) groups is 1. The number of anilines is 1. The smallest absolute Gasteiger partial charge is 0.241 e. The molecule has 0 unspecified atom stereocenters. The van der Waals surface area contributed by atoms with E-state index in [0.29, 0.717) is 11.3 Å². The van der Waals surface area contributed by atoms with E-state index in [1.165, 1.54) is 26.0 Å². The van der Waals surface area contributed by atoms with Crippen molar-refractivity contribution in [2.45, 2.75) is 31.2 Å². The number of nitrogens with one attached hydrogen (secondary N) is 1. The first-order chi connectivity index (χ1) is 8.08. The van der Waals surface area contributed by atoms with Crippen LogP contribution in [0.2, 0.25) is 0 Å². The van der Waals surface area contributed by atoms with E-state index >= 15 is 0 Å². The van der Waals surface area contributed by atoms with Gasteiger partial charge in [0.15, 0.2) is 0 Å². The van der Waals surface area contributed by atoms with Crippen molar-refractivity contribution in [3.05, 3.63) is 23.8 Å². The highest BCUT2D eigenvalue weighted by Gasteiger charge is 2.32. The fourth-order valence-electron chi connectivity index (χ4n) is 1.36. The Morgan fingerprint density at radius 2 is 1.89 bits per heavy atom. The molecule has 7 heteroatoms. The summed E-state index contributed by atoms with van der Waals surface area (Å²) in [6.45, 7) is 4.39. The third-order valence-corrected chi connectivity index (χ3v) is 4.42. The Bertz CT molecular complexity index is 579. The molecule has 1 aromatic rings. The summed E-state index contributed by atoms with van der Waals surface area (Å²) in [5, 5.41) is 0. The molecular weight excluding hydrogens is 254 g/mol. The van der Waals surface area contributed by atoms with Gasteiger partial charge in [-0.05, 0) is 38.5 Å². The average molecular weight is 271 g/mol. The van der Waals surface area contributed by atoms with E-state index in [2.05, 4.69) is 4.72 Å². The number of nitrogens with two attached hydrogens (primary N) is 2. The van der Waals surface area contributed by atoms with E-state index < -0.39 is 21.5 Å². The van der Waals surface area contributed by atoms with Crippen molar-refractivity contribution in [3.63, 3.8) is 0 Å². The molecule has 1 rings (SSSR count). The molecule has 0 aliphatic heterocycles. The van der Waals surface area contributed by atoms with Gasteiger partial charge in [-0.1, -0.05) is 6.07 Å². The van der Waals surface area contributed by atoms with E-state index in [1.807, 2.05) is 0 Å². The van der Waals surface area contributed by atoms with Crippen LogP contribution in [0.15, 0.2) is 23.1 Å². The summed E-state index contributed by atoms with van der Waals surface area (Å²) in [5.74, 6) is -0.757. The molecule has 18 heavy (non-hydrogen) atoms. The fourth-order valence-corrected chi connectivity index (χ4v) is 3.02. The van der Waals surface area contributed by atoms with Crippen LogP contribution < -0.4 is 16.2 Å². The maximum absolute atomic E-state index is 12.2. The first-order valence-electron chi connectivity index (χ1n) is 5.27. The van der Waals surface area contributed by atoms with Crippen molar-refractivity contribution in [3.8, 4) is 0 Å². The number of nitrogen functional groups attached to an aromatic ring is 1. The fraction of sp³-hybridized carbons (Fsp3) is 0.364. The van der Waals surface area contributed by atoms with E-state index in [0.717, 1.165) is 0 Å². The molecule has 1 amide bonds. The Kier molecular flexibility index (Phi) is 3.68. The topological polar surface area (TPSA) is 115 Å². The first kappa shape index (κ1) is 14.5. The minimum atomic E-state index is -3.85. The standard InChI is InChI=1S/C11H17N3O3S/c1-7-8(12)5-4-6-9(7)18(16,17)14-11(2,3)10(13)15/h4-6,14H,12H2,1-3H3,(H2,13,15). The molecule has 0 saturated heterocycles. The van der Waals surface area contributed by atoms with Crippen LogP contribution in [0.1, 0.15) is 19.4 Å². The zero-order valence-corrected chi connectivity index (χ0v) is 11.3. The predicted octanol–water partition coefficient (Wildman–Crippen LogP) is 0.119. The number of hydrogen-bond acceptors (Lipinski definition) is 4. The molecule has 0 radical (unpaired) electrons. The van der Waals surface area contributed by atoms with Crippen LogP contribution in [0.3, 0.4) is 0 Å². The van der Waals surface area contributed by atoms with Crippen LogP contribution in [-0.4, -0.2) is 19.9 Å². The molecule has 0 fully saturated rings. The van der Waals surface area contributed by atoms with E-state index in [9.17, 15) is 13.2 Å². The highest BCUT2D eigenvalue weighted by atomic mass is 32.2. The lowest BCUT2D eigenvalue weighted by molar-refractivity contribution is -0.122. The van der Waals surface area contributed by atoms with Crippen molar-refractivity contribution in [1.82, 2.24) is 4.72 Å². The zero-order valence-electron chi connectivity index (χ0n) is 10.5. The summed E-state index contributed by atoms with van der Waals surface area (Å²) in [7, 11) is -3.85. The molecule has 100 valence electrons. The van der Waals surface area contributed by atoms with Gasteiger partial charge in [0.2, 0.25) is 15.9 Å². The van der Waals surface area contributed by atoms with Crippen LogP contribution >= 0.6 is 0 Å². The highest BCUT2D eigenvalue weighted by molar-refractivity contribution is 7.89. The van der Waals surface area contributed by atoms with Gasteiger partial charge in [0, 0.05) is 5.69 Å². The maximum atomic E-state index is 12.2. The second-order valence-electron chi connectivity index (χ2n) is 4.57. The summed E-state index contributed by atoms with van der Waals surface area (Å²) >= 11 is 0. The van der Waals surface area contributed by atoms with Crippen molar-refractivity contribution >= 4 is 21.6 Å². The largest absolute Gasteiger partial charge is 0.398 e. The Labute approximate surface area is 106 Å². The molecule has 0 aromatic heterocycles. The second kappa shape index (κ2) is 4.58. The Balaban J connectivity index is 3.24. The average Bonchev–Trinajstić information content (AvgIpc) is 2.20. The highest BCUT2D eigenvalue weighted by Crippen LogP contribution is 2.21. The molecule has 0 spiro atoms. The maximum Gasteiger partial charge on any atom is 0.241 e. The summed E-state index contributed by atoms with van der Waals surface area (Å²) in [6.07, 6.45) is 0. The van der Waals surface area contributed by atoms with E-state index in [4.69, 9.17) is 11.5 Å². The molecule has 6 nitrogen and oxygen atoms in total. The van der Waals surface area contributed by atoms with Gasteiger partial charge in [0.05, 0.1) is 4.90 Å². The number of rotatable bonds is 4. The summed E-state index contributed by atoms with van der Waals surface area (Å²) < 4.78 is 26.6. The van der Waals surface area contributed by atoms with Gasteiger partial charge in [-0.2, -0.15) is 4.72 Å². The van der Waals surface area contributed by atoms with Gasteiger partial charge in [-0.25, -0.2) is 8.42 Å². The molecule has 1 aromatic carbocycles. The summed E-state index contributed by atoms with van der Waals surface area (Å²) in [5.41, 5.74) is 10.2. The summed E-state index contributed by atoms with van der Waals surface area (Å²) in [6, 6.07) is 4.56. The van der Waals surface area contributed by atoms with Crippen LogP contribution in [0.25, 0.3) is 0 Å². The molecular formula is C11H17N3O3S. The van der Waals surface area contributed by atoms with Gasteiger partial charge in [0.1, 0.15) is 5.54 Å². The summed E-state index contributed by atoms with van der Waals surface area (Å²) in [4.78, 5) is 11.2. The minimum absolute atomic E-state index is 0.0387. The third-order valence-electron chi connectivity index (χ3n) is 2.62. The molecule has 0 aliphatic carbocycles. The van der Waals surface area contributed by atoms with Crippen molar-refractivity contribution in [2.24, 2.45) is 5.73 Å². The monoisotopic (exact) mass is 271 g/mol. The number of primary amides is 1. The van der Waals surface area contributed by atoms with Crippen molar-refractivity contribution in [1.29, 1.82) is 0 Å².